The van der Waals surface area contributed by atoms with E-state index in [1.807, 2.05) is 6.92 Å². The van der Waals surface area contributed by atoms with Crippen molar-refractivity contribution in [2.75, 3.05) is 19.8 Å². The minimum Gasteiger partial charge on any atom is -0.373 e. The molecule has 0 amide bonds. The van der Waals surface area contributed by atoms with Crippen LogP contribution in [0.3, 0.4) is 0 Å². The highest BCUT2D eigenvalue weighted by molar-refractivity contribution is 4.90. The number of aliphatic hydroxyl groups excluding tert-OH is 1. The Kier molecular flexibility index (Phi) is 11.1. The summed E-state index contributed by atoms with van der Waals surface area (Å²) in [5, 5.41) is 10.3. The molecule has 1 rings (SSSR count). The van der Waals surface area contributed by atoms with Crippen molar-refractivity contribution in [1.29, 1.82) is 0 Å². The van der Waals surface area contributed by atoms with Crippen molar-refractivity contribution in [3.63, 3.8) is 0 Å². The first-order valence-corrected chi connectivity index (χ1v) is 9.33. The highest BCUT2D eigenvalue weighted by Gasteiger charge is 2.45. The summed E-state index contributed by atoms with van der Waals surface area (Å²) in [7, 11) is 0. The van der Waals surface area contributed by atoms with Gasteiger partial charge in [-0.2, -0.15) is 0 Å². The summed E-state index contributed by atoms with van der Waals surface area (Å²) < 4.78 is 23.6. The third-order valence-corrected chi connectivity index (χ3v) is 4.17. The van der Waals surface area contributed by atoms with Crippen LogP contribution < -0.4 is 0 Å². The third-order valence-electron chi connectivity index (χ3n) is 4.17. The minimum absolute atomic E-state index is 0.201. The lowest BCUT2D eigenvalue weighted by atomic mass is 9.99. The van der Waals surface area contributed by atoms with Crippen molar-refractivity contribution in [1.82, 2.24) is 0 Å². The van der Waals surface area contributed by atoms with E-state index in [1.165, 1.54) is 0 Å². The van der Waals surface area contributed by atoms with E-state index in [4.69, 9.17) is 18.9 Å². The molecule has 138 valence electrons. The van der Waals surface area contributed by atoms with E-state index in [0.29, 0.717) is 19.8 Å². The average Bonchev–Trinajstić information content (AvgIpc) is 2.53. The Bertz CT molecular complexity index is 265. The minimum atomic E-state index is -0.959. The van der Waals surface area contributed by atoms with Crippen LogP contribution in [-0.2, 0) is 18.9 Å². The molecule has 1 aliphatic heterocycles. The zero-order chi connectivity index (χ0) is 17.1. The van der Waals surface area contributed by atoms with Crippen LogP contribution in [0.2, 0.25) is 0 Å². The molecule has 5 atom stereocenters. The van der Waals surface area contributed by atoms with Crippen molar-refractivity contribution >= 4 is 0 Å². The molecule has 5 nitrogen and oxygen atoms in total. The largest absolute Gasteiger partial charge is 0.373 e. The molecule has 0 spiro atoms. The number of hydrogen-bond donors (Lipinski definition) is 1. The Balaban J connectivity index is 2.71. The molecular formula is C18H36O5. The monoisotopic (exact) mass is 332 g/mol. The molecule has 0 radical (unpaired) electrons. The Hall–Kier alpha value is -0.200. The highest BCUT2D eigenvalue weighted by Crippen LogP contribution is 2.27. The molecule has 0 saturated carbocycles. The average molecular weight is 332 g/mol. The Labute approximate surface area is 141 Å². The van der Waals surface area contributed by atoms with E-state index in [2.05, 4.69) is 20.8 Å². The molecular weight excluding hydrogens is 296 g/mol. The predicted octanol–water partition coefficient (Wildman–Crippen LogP) is 3.28. The van der Waals surface area contributed by atoms with Gasteiger partial charge in [0.1, 0.15) is 18.3 Å². The molecule has 5 heteroatoms. The topological polar surface area (TPSA) is 57.2 Å². The van der Waals surface area contributed by atoms with Crippen molar-refractivity contribution in [3.8, 4) is 0 Å². The van der Waals surface area contributed by atoms with Gasteiger partial charge in [0.05, 0.1) is 6.10 Å². The molecule has 0 aliphatic carbocycles. The highest BCUT2D eigenvalue weighted by atomic mass is 16.7. The summed E-state index contributed by atoms with van der Waals surface area (Å²) in [6.45, 7) is 10.3. The first kappa shape index (κ1) is 20.8. The number of rotatable bonds is 12. The lowest BCUT2D eigenvalue weighted by Crippen LogP contribution is -2.59. The molecule has 1 fully saturated rings. The van der Waals surface area contributed by atoms with Gasteiger partial charge in [0.2, 0.25) is 0 Å². The van der Waals surface area contributed by atoms with Crippen LogP contribution >= 0.6 is 0 Å². The van der Waals surface area contributed by atoms with Gasteiger partial charge >= 0.3 is 0 Å². The maximum Gasteiger partial charge on any atom is 0.184 e. The third kappa shape index (κ3) is 7.06. The molecule has 0 bridgehead atoms. The second kappa shape index (κ2) is 12.2. The van der Waals surface area contributed by atoms with Crippen molar-refractivity contribution in [3.05, 3.63) is 0 Å². The molecule has 2 unspecified atom stereocenters. The quantitative estimate of drug-likeness (QED) is 0.556. The SMILES string of the molecule is CCCCOC1[C@@H](OCCCC)[C@@H](OCCCC)C(C)O[C@@H]1O. The van der Waals surface area contributed by atoms with E-state index in [1.54, 1.807) is 0 Å². The Morgan fingerprint density at radius 3 is 1.65 bits per heavy atom. The number of unbranched alkanes of at least 4 members (excludes halogenated alkanes) is 3. The normalized spacial score (nSPS) is 31.4. The van der Waals surface area contributed by atoms with Gasteiger partial charge < -0.3 is 24.1 Å². The fourth-order valence-corrected chi connectivity index (χ4v) is 2.68. The van der Waals surface area contributed by atoms with Crippen molar-refractivity contribution < 1.29 is 24.1 Å². The van der Waals surface area contributed by atoms with Crippen LogP contribution in [0, 0.1) is 0 Å². The standard InChI is InChI=1S/C18H36O5/c1-5-8-11-20-15-14(4)23-18(19)17(22-13-10-7-3)16(15)21-12-9-6-2/h14-19H,5-13H2,1-4H3/t14?,15-,16-,17?,18-/m0/s1. The molecule has 23 heavy (non-hydrogen) atoms. The summed E-state index contributed by atoms with van der Waals surface area (Å²) in [4.78, 5) is 0. The molecule has 0 aromatic rings. The smallest absolute Gasteiger partial charge is 0.184 e. The van der Waals surface area contributed by atoms with Crippen molar-refractivity contribution in [2.45, 2.75) is 96.9 Å². The fraction of sp³-hybridized carbons (Fsp3) is 1.00. The van der Waals surface area contributed by atoms with E-state index in [0.717, 1.165) is 38.5 Å². The fourth-order valence-electron chi connectivity index (χ4n) is 2.68. The lowest BCUT2D eigenvalue weighted by molar-refractivity contribution is -0.303. The van der Waals surface area contributed by atoms with Gasteiger partial charge in [0, 0.05) is 19.8 Å². The van der Waals surface area contributed by atoms with E-state index < -0.39 is 12.4 Å². The molecule has 1 saturated heterocycles. The van der Waals surface area contributed by atoms with Crippen LogP contribution in [0.15, 0.2) is 0 Å². The Morgan fingerprint density at radius 2 is 1.17 bits per heavy atom. The van der Waals surface area contributed by atoms with E-state index in [-0.39, 0.29) is 18.3 Å². The molecule has 1 heterocycles. The molecule has 1 N–H and O–H groups in total. The first-order chi connectivity index (χ1) is 11.2. The maximum absolute atomic E-state index is 10.3. The van der Waals surface area contributed by atoms with E-state index in [9.17, 15) is 5.11 Å². The van der Waals surface area contributed by atoms with Crippen molar-refractivity contribution in [2.24, 2.45) is 0 Å². The number of aliphatic hydroxyl groups is 1. The second-order valence-electron chi connectivity index (χ2n) is 6.30. The van der Waals surface area contributed by atoms with Gasteiger partial charge in [-0.05, 0) is 26.2 Å². The van der Waals surface area contributed by atoms with E-state index >= 15 is 0 Å². The maximum atomic E-state index is 10.3. The zero-order valence-electron chi connectivity index (χ0n) is 15.3. The van der Waals surface area contributed by atoms with Gasteiger partial charge in [-0.3, -0.25) is 0 Å². The summed E-state index contributed by atoms with van der Waals surface area (Å²) in [5.41, 5.74) is 0. The summed E-state index contributed by atoms with van der Waals surface area (Å²) in [6.07, 6.45) is 4.04. The lowest BCUT2D eigenvalue weighted by Gasteiger charge is -2.43. The number of hydrogen-bond acceptors (Lipinski definition) is 5. The molecule has 1 aliphatic rings. The summed E-state index contributed by atoms with van der Waals surface area (Å²) in [6, 6.07) is 0. The first-order valence-electron chi connectivity index (χ1n) is 9.33. The van der Waals surface area contributed by atoms with Crippen LogP contribution in [0.25, 0.3) is 0 Å². The van der Waals surface area contributed by atoms with Crippen LogP contribution in [0.5, 0.6) is 0 Å². The van der Waals surface area contributed by atoms with Gasteiger partial charge in [0.15, 0.2) is 6.29 Å². The van der Waals surface area contributed by atoms with Crippen LogP contribution in [0.4, 0.5) is 0 Å². The molecule has 0 aromatic carbocycles. The number of ether oxygens (including phenoxy) is 4. The summed E-state index contributed by atoms with van der Waals surface area (Å²) in [5.74, 6) is 0. The summed E-state index contributed by atoms with van der Waals surface area (Å²) >= 11 is 0. The van der Waals surface area contributed by atoms with Crippen LogP contribution in [0.1, 0.15) is 66.2 Å². The second-order valence-corrected chi connectivity index (χ2v) is 6.30. The predicted molar refractivity (Wildman–Crippen MR) is 90.5 cm³/mol. The molecule has 0 aromatic heterocycles. The van der Waals surface area contributed by atoms with Gasteiger partial charge in [0.25, 0.3) is 0 Å². The van der Waals surface area contributed by atoms with Gasteiger partial charge in [-0.15, -0.1) is 0 Å². The van der Waals surface area contributed by atoms with Gasteiger partial charge in [-0.1, -0.05) is 40.0 Å². The Morgan fingerprint density at radius 1 is 0.739 bits per heavy atom. The van der Waals surface area contributed by atoms with Gasteiger partial charge in [-0.25, -0.2) is 0 Å². The van der Waals surface area contributed by atoms with Crippen LogP contribution in [-0.4, -0.2) is 55.6 Å². The zero-order valence-corrected chi connectivity index (χ0v) is 15.3.